The van der Waals surface area contributed by atoms with Crippen molar-refractivity contribution < 1.29 is 13.2 Å². The van der Waals surface area contributed by atoms with E-state index < -0.39 is 17.4 Å². The van der Waals surface area contributed by atoms with Gasteiger partial charge < -0.3 is 0 Å². The van der Waals surface area contributed by atoms with Crippen LogP contribution in [0.15, 0.2) is 82.8 Å². The second-order valence-corrected chi connectivity index (χ2v) is 6.54. The predicted octanol–water partition coefficient (Wildman–Crippen LogP) is 5.06. The van der Waals surface area contributed by atoms with Crippen LogP contribution >= 0.6 is 11.8 Å². The van der Waals surface area contributed by atoms with Crippen LogP contribution in [-0.2, 0) is 6.18 Å². The molecule has 1 heterocycles. The van der Waals surface area contributed by atoms with Crippen LogP contribution in [0.4, 0.5) is 13.2 Å². The molecule has 0 atom stereocenters. The van der Waals surface area contributed by atoms with E-state index in [-0.39, 0.29) is 5.16 Å². The van der Waals surface area contributed by atoms with Gasteiger partial charge in [-0.2, -0.15) is 13.2 Å². The summed E-state index contributed by atoms with van der Waals surface area (Å²) >= 11 is 1.07. The molecule has 0 radical (unpaired) electrons. The van der Waals surface area contributed by atoms with Gasteiger partial charge in [-0.25, -0.2) is 4.98 Å². The van der Waals surface area contributed by atoms with Crippen LogP contribution in [0.25, 0.3) is 11.8 Å². The zero-order valence-electron chi connectivity index (χ0n) is 14.1. The van der Waals surface area contributed by atoms with Crippen LogP contribution in [-0.4, -0.2) is 15.3 Å². The molecule has 7 heteroatoms. The molecular formula is C20H15F3N2OS. The molecule has 0 saturated carbocycles. The summed E-state index contributed by atoms with van der Waals surface area (Å²) in [7, 11) is 0. The monoisotopic (exact) mass is 388 g/mol. The summed E-state index contributed by atoms with van der Waals surface area (Å²) in [5.74, 6) is 0.371. The van der Waals surface area contributed by atoms with Gasteiger partial charge in [-0.15, -0.1) is 0 Å². The van der Waals surface area contributed by atoms with Gasteiger partial charge >= 0.3 is 6.18 Å². The highest BCUT2D eigenvalue weighted by Gasteiger charge is 2.34. The van der Waals surface area contributed by atoms with Crippen molar-refractivity contribution in [3.05, 3.63) is 94.4 Å². The van der Waals surface area contributed by atoms with E-state index in [0.29, 0.717) is 17.5 Å². The summed E-state index contributed by atoms with van der Waals surface area (Å²) < 4.78 is 40.4. The molecule has 0 aliphatic carbocycles. The first-order chi connectivity index (χ1) is 12.9. The second kappa shape index (κ2) is 8.26. The Bertz CT molecular complexity index is 984. The quantitative estimate of drug-likeness (QED) is 0.453. The van der Waals surface area contributed by atoms with E-state index in [1.807, 2.05) is 42.5 Å². The fourth-order valence-corrected chi connectivity index (χ4v) is 3.22. The van der Waals surface area contributed by atoms with E-state index in [9.17, 15) is 18.0 Å². The van der Waals surface area contributed by atoms with Crippen LogP contribution < -0.4 is 5.56 Å². The fourth-order valence-electron chi connectivity index (χ4n) is 2.39. The molecule has 0 aliphatic heterocycles. The summed E-state index contributed by atoms with van der Waals surface area (Å²) in [4.78, 5) is 16.0. The average Bonchev–Trinajstić information content (AvgIpc) is 2.66. The number of benzene rings is 2. The third-order valence-electron chi connectivity index (χ3n) is 3.61. The fraction of sp³-hybridized carbons (Fsp3) is 0.100. The lowest BCUT2D eigenvalue weighted by Crippen LogP contribution is -2.24. The van der Waals surface area contributed by atoms with Crippen molar-refractivity contribution in [3.8, 4) is 5.69 Å². The zero-order chi connectivity index (χ0) is 19.3. The lowest BCUT2D eigenvalue weighted by molar-refractivity contribution is -0.141. The number of thioether (sulfide) groups is 1. The van der Waals surface area contributed by atoms with Crippen molar-refractivity contribution in [1.29, 1.82) is 0 Å². The molecule has 3 aromatic rings. The molecule has 0 saturated heterocycles. The van der Waals surface area contributed by atoms with Crippen LogP contribution in [0.5, 0.6) is 0 Å². The van der Waals surface area contributed by atoms with Gasteiger partial charge in [0.05, 0.1) is 5.69 Å². The third-order valence-corrected chi connectivity index (χ3v) is 4.50. The van der Waals surface area contributed by atoms with Gasteiger partial charge in [0.25, 0.3) is 5.56 Å². The zero-order valence-corrected chi connectivity index (χ0v) is 14.9. The molecule has 0 bridgehead atoms. The summed E-state index contributed by atoms with van der Waals surface area (Å²) in [5.41, 5.74) is -0.499. The van der Waals surface area contributed by atoms with Crippen LogP contribution in [0, 0.1) is 0 Å². The van der Waals surface area contributed by atoms with E-state index in [0.717, 1.165) is 17.3 Å². The molecule has 0 unspecified atom stereocenters. The van der Waals surface area contributed by atoms with Gasteiger partial charge in [-0.1, -0.05) is 72.4 Å². The van der Waals surface area contributed by atoms with Gasteiger partial charge in [0.1, 0.15) is 0 Å². The number of aromatic nitrogens is 2. The van der Waals surface area contributed by atoms with Crippen molar-refractivity contribution in [1.82, 2.24) is 9.55 Å². The first kappa shape index (κ1) is 19.0. The van der Waals surface area contributed by atoms with Crippen molar-refractivity contribution in [2.24, 2.45) is 0 Å². The Balaban J connectivity index is 1.92. The van der Waals surface area contributed by atoms with Gasteiger partial charge in [0.15, 0.2) is 10.9 Å². The largest absolute Gasteiger partial charge is 0.433 e. The molecule has 0 spiro atoms. The highest BCUT2D eigenvalue weighted by atomic mass is 32.2. The Morgan fingerprint density at radius 2 is 1.63 bits per heavy atom. The first-order valence-corrected chi connectivity index (χ1v) is 9.05. The van der Waals surface area contributed by atoms with Crippen LogP contribution in [0.3, 0.4) is 0 Å². The molecule has 0 amide bonds. The summed E-state index contributed by atoms with van der Waals surface area (Å²) in [6.07, 6.45) is -0.989. The molecule has 0 aliphatic rings. The number of halogens is 3. The van der Waals surface area contributed by atoms with Gasteiger partial charge in [-0.3, -0.25) is 9.36 Å². The maximum absolute atomic E-state index is 13.1. The number of para-hydroxylation sites is 1. The van der Waals surface area contributed by atoms with Gasteiger partial charge in [-0.05, 0) is 17.7 Å². The summed E-state index contributed by atoms with van der Waals surface area (Å²) in [6, 6.07) is 18.6. The molecule has 1 aromatic heterocycles. The van der Waals surface area contributed by atoms with Crippen molar-refractivity contribution in [3.63, 3.8) is 0 Å². The minimum Gasteiger partial charge on any atom is -0.269 e. The SMILES string of the molecule is O=c1cc(C(F)(F)F)nc(SC/C=C/c2ccccc2)n1-c1ccccc1. The van der Waals surface area contributed by atoms with Crippen LogP contribution in [0.1, 0.15) is 11.3 Å². The molecule has 27 heavy (non-hydrogen) atoms. The van der Waals surface area contributed by atoms with Crippen molar-refractivity contribution in [2.45, 2.75) is 11.3 Å². The Kier molecular flexibility index (Phi) is 5.81. The molecule has 0 N–H and O–H groups in total. The molecular weight excluding hydrogens is 373 g/mol. The number of nitrogens with zero attached hydrogens (tertiary/aromatic N) is 2. The van der Waals surface area contributed by atoms with Crippen LogP contribution in [0.2, 0.25) is 0 Å². The number of hydrogen-bond acceptors (Lipinski definition) is 3. The van der Waals surface area contributed by atoms with Gasteiger partial charge in [0.2, 0.25) is 0 Å². The van der Waals surface area contributed by atoms with E-state index in [4.69, 9.17) is 0 Å². The van der Waals surface area contributed by atoms with E-state index in [2.05, 4.69) is 4.98 Å². The topological polar surface area (TPSA) is 34.9 Å². The Morgan fingerprint density at radius 1 is 1.00 bits per heavy atom. The number of rotatable bonds is 5. The average molecular weight is 388 g/mol. The highest BCUT2D eigenvalue weighted by molar-refractivity contribution is 7.99. The molecule has 3 nitrogen and oxygen atoms in total. The molecule has 2 aromatic carbocycles. The lowest BCUT2D eigenvalue weighted by atomic mass is 10.2. The minimum absolute atomic E-state index is 0.00117. The maximum atomic E-state index is 13.1. The lowest BCUT2D eigenvalue weighted by Gasteiger charge is -2.13. The minimum atomic E-state index is -4.68. The Morgan fingerprint density at radius 3 is 2.26 bits per heavy atom. The Labute approximate surface area is 158 Å². The molecule has 0 fully saturated rings. The van der Waals surface area contributed by atoms with E-state index in [1.54, 1.807) is 30.3 Å². The van der Waals surface area contributed by atoms with E-state index in [1.165, 1.54) is 4.57 Å². The summed E-state index contributed by atoms with van der Waals surface area (Å²) in [6.45, 7) is 0. The van der Waals surface area contributed by atoms with Crippen molar-refractivity contribution >= 4 is 17.8 Å². The maximum Gasteiger partial charge on any atom is 0.433 e. The predicted molar refractivity (Wildman–Crippen MR) is 101 cm³/mol. The normalized spacial score (nSPS) is 11.8. The number of alkyl halides is 3. The standard InChI is InChI=1S/C20H15F3N2OS/c21-20(22,23)17-14-18(26)25(16-11-5-2-6-12-16)19(24-17)27-13-7-10-15-8-3-1-4-9-15/h1-12,14H,13H2/b10-7+. The molecule has 138 valence electrons. The highest BCUT2D eigenvalue weighted by Crippen LogP contribution is 2.29. The van der Waals surface area contributed by atoms with Gasteiger partial charge in [0, 0.05) is 11.8 Å². The first-order valence-electron chi connectivity index (χ1n) is 8.06. The molecule has 3 rings (SSSR count). The van der Waals surface area contributed by atoms with E-state index >= 15 is 0 Å². The smallest absolute Gasteiger partial charge is 0.269 e. The Hall–Kier alpha value is -2.80. The second-order valence-electron chi connectivity index (χ2n) is 5.55. The third kappa shape index (κ3) is 4.89. The number of hydrogen-bond donors (Lipinski definition) is 0. The summed E-state index contributed by atoms with van der Waals surface area (Å²) in [5, 5.41) is -0.00117. The van der Waals surface area contributed by atoms with Crippen molar-refractivity contribution in [2.75, 3.05) is 5.75 Å².